The number of amides is 1. The summed E-state index contributed by atoms with van der Waals surface area (Å²) in [4.78, 5) is 18.3. The van der Waals surface area contributed by atoms with Gasteiger partial charge in [0.05, 0.1) is 19.1 Å². The van der Waals surface area contributed by atoms with Crippen LogP contribution >= 0.6 is 11.3 Å². The zero-order chi connectivity index (χ0) is 19.8. The molecule has 2 aliphatic rings. The van der Waals surface area contributed by atoms with Gasteiger partial charge in [0.15, 0.2) is 0 Å². The molecule has 0 aromatic carbocycles. The average molecular weight is 410 g/mol. The van der Waals surface area contributed by atoms with Crippen molar-refractivity contribution >= 4 is 23.0 Å². The van der Waals surface area contributed by atoms with Gasteiger partial charge in [-0.25, -0.2) is 5.01 Å². The normalized spacial score (nSPS) is 22.4. The summed E-state index contributed by atoms with van der Waals surface area (Å²) in [5, 5.41) is 6.22. The molecule has 5 heterocycles. The largest absolute Gasteiger partial charge is 0.467 e. The summed E-state index contributed by atoms with van der Waals surface area (Å²) >= 11 is 1.82. The molecule has 5 rings (SSSR count). The third kappa shape index (κ3) is 3.56. The highest BCUT2D eigenvalue weighted by atomic mass is 32.1. The third-order valence-corrected chi connectivity index (χ3v) is 6.74. The number of hydrogen-bond acceptors (Lipinski definition) is 6. The van der Waals surface area contributed by atoms with E-state index >= 15 is 0 Å². The van der Waals surface area contributed by atoms with E-state index in [1.54, 1.807) is 17.5 Å². The molecule has 150 valence electrons. The van der Waals surface area contributed by atoms with Gasteiger partial charge in [0.2, 0.25) is 0 Å². The Bertz CT molecular complexity index is 1010. The van der Waals surface area contributed by atoms with Crippen LogP contribution in [0.5, 0.6) is 0 Å². The molecule has 7 heteroatoms. The molecule has 0 aliphatic carbocycles. The van der Waals surface area contributed by atoms with Gasteiger partial charge in [-0.15, -0.1) is 11.3 Å². The number of carbonyl (C=O) groups excluding carboxylic acids is 1. The number of likely N-dealkylation sites (tertiary alicyclic amines) is 1. The van der Waals surface area contributed by atoms with E-state index in [9.17, 15) is 4.79 Å². The van der Waals surface area contributed by atoms with Gasteiger partial charge in [-0.1, -0.05) is 0 Å². The molecule has 3 aromatic heterocycles. The Kier molecular flexibility index (Phi) is 4.85. The summed E-state index contributed by atoms with van der Waals surface area (Å²) < 4.78 is 11.1. The minimum absolute atomic E-state index is 0.00636. The van der Waals surface area contributed by atoms with Crippen LogP contribution in [-0.4, -0.2) is 34.6 Å². The fraction of sp³-hybridized carbons (Fsp3) is 0.364. The average Bonchev–Trinajstić information content (AvgIpc) is 3.51. The maximum atomic E-state index is 13.3. The van der Waals surface area contributed by atoms with Crippen LogP contribution in [0.1, 0.15) is 52.6 Å². The first-order valence-corrected chi connectivity index (χ1v) is 10.8. The summed E-state index contributed by atoms with van der Waals surface area (Å²) in [6.45, 7) is 3.41. The molecule has 3 aromatic rings. The van der Waals surface area contributed by atoms with Crippen LogP contribution in [0, 0.1) is 6.92 Å². The van der Waals surface area contributed by atoms with Crippen LogP contribution < -0.4 is 0 Å². The summed E-state index contributed by atoms with van der Waals surface area (Å²) in [7, 11) is 0. The van der Waals surface area contributed by atoms with Gasteiger partial charge in [0.25, 0.3) is 5.91 Å². The Morgan fingerprint density at radius 2 is 2.03 bits per heavy atom. The highest BCUT2D eigenvalue weighted by Gasteiger charge is 2.38. The number of hydrazone groups is 1. The van der Waals surface area contributed by atoms with Crippen molar-refractivity contribution in [3.63, 3.8) is 0 Å². The molecule has 2 unspecified atom stereocenters. The molecular weight excluding hydrogens is 386 g/mol. The van der Waals surface area contributed by atoms with Gasteiger partial charge in [-0.3, -0.25) is 9.69 Å². The zero-order valence-electron chi connectivity index (χ0n) is 16.3. The number of thiophene rings is 1. The van der Waals surface area contributed by atoms with Crippen molar-refractivity contribution in [1.82, 2.24) is 9.91 Å². The van der Waals surface area contributed by atoms with E-state index in [1.165, 1.54) is 9.75 Å². The molecule has 6 nitrogen and oxygen atoms in total. The molecular formula is C22H23N3O3S. The first-order chi connectivity index (χ1) is 14.2. The van der Waals surface area contributed by atoms with Crippen molar-refractivity contribution in [3.05, 3.63) is 70.2 Å². The molecule has 2 atom stereocenters. The second-order valence-corrected chi connectivity index (χ2v) is 8.89. The van der Waals surface area contributed by atoms with Crippen molar-refractivity contribution in [2.24, 2.45) is 5.10 Å². The Hall–Kier alpha value is -2.64. The highest BCUT2D eigenvalue weighted by molar-refractivity contribution is 7.12. The highest BCUT2D eigenvalue weighted by Crippen LogP contribution is 2.37. The van der Waals surface area contributed by atoms with Crippen molar-refractivity contribution in [2.75, 3.05) is 13.1 Å². The summed E-state index contributed by atoms with van der Waals surface area (Å²) in [5.41, 5.74) is 0.775. The SMILES string of the molecule is Cc1ccc(C2CCCN2CC(=O)N2N=C(c3ccco3)CC2c2ccco2)s1. The summed E-state index contributed by atoms with van der Waals surface area (Å²) in [5.74, 6) is 1.44. The lowest BCUT2D eigenvalue weighted by Crippen LogP contribution is -2.37. The molecule has 0 radical (unpaired) electrons. The number of carbonyl (C=O) groups is 1. The minimum Gasteiger partial charge on any atom is -0.467 e. The van der Waals surface area contributed by atoms with Gasteiger partial charge >= 0.3 is 0 Å². The van der Waals surface area contributed by atoms with E-state index in [4.69, 9.17) is 8.83 Å². The molecule has 0 bridgehead atoms. The number of rotatable bonds is 5. The number of nitrogens with zero attached hydrogens (tertiary/aromatic N) is 3. The molecule has 1 fully saturated rings. The van der Waals surface area contributed by atoms with Crippen LogP contribution in [-0.2, 0) is 4.79 Å². The quantitative estimate of drug-likeness (QED) is 0.610. The first-order valence-electron chi connectivity index (χ1n) is 9.96. The molecule has 1 amide bonds. The fourth-order valence-corrected chi connectivity index (χ4v) is 5.30. The second kappa shape index (κ2) is 7.65. The fourth-order valence-electron chi connectivity index (χ4n) is 4.25. The van der Waals surface area contributed by atoms with E-state index in [1.807, 2.05) is 35.6 Å². The number of furan rings is 2. The van der Waals surface area contributed by atoms with Gasteiger partial charge < -0.3 is 8.83 Å². The van der Waals surface area contributed by atoms with E-state index in [0.717, 1.165) is 30.9 Å². The van der Waals surface area contributed by atoms with E-state index in [0.29, 0.717) is 24.8 Å². The molecule has 0 saturated carbocycles. The minimum atomic E-state index is -0.234. The Morgan fingerprint density at radius 1 is 1.17 bits per heavy atom. The second-order valence-electron chi connectivity index (χ2n) is 7.57. The predicted octanol–water partition coefficient (Wildman–Crippen LogP) is 4.76. The van der Waals surface area contributed by atoms with Crippen LogP contribution in [0.15, 0.2) is 62.9 Å². The van der Waals surface area contributed by atoms with E-state index in [-0.39, 0.29) is 11.9 Å². The zero-order valence-corrected chi connectivity index (χ0v) is 17.1. The maximum Gasteiger partial charge on any atom is 0.257 e. The van der Waals surface area contributed by atoms with Crippen molar-refractivity contribution in [1.29, 1.82) is 0 Å². The third-order valence-electron chi connectivity index (χ3n) is 5.63. The van der Waals surface area contributed by atoms with Crippen LogP contribution in [0.4, 0.5) is 0 Å². The van der Waals surface area contributed by atoms with Gasteiger partial charge in [-0.05, 0) is 62.7 Å². The van der Waals surface area contributed by atoms with Crippen molar-refractivity contribution in [3.8, 4) is 0 Å². The lowest BCUT2D eigenvalue weighted by atomic mass is 10.1. The Balaban J connectivity index is 1.37. The topological polar surface area (TPSA) is 62.2 Å². The van der Waals surface area contributed by atoms with Gasteiger partial charge in [-0.2, -0.15) is 5.10 Å². The molecule has 0 N–H and O–H groups in total. The van der Waals surface area contributed by atoms with Crippen LogP contribution in [0.25, 0.3) is 0 Å². The standard InChI is InChI=1S/C22H23N3O3S/c1-15-8-9-21(29-15)17-5-2-10-24(17)14-22(26)25-18(20-7-4-12-28-20)13-16(23-25)19-6-3-11-27-19/h3-4,6-9,11-12,17-18H,2,5,10,13-14H2,1H3. The number of aryl methyl sites for hydroxylation is 1. The van der Waals surface area contributed by atoms with Crippen molar-refractivity contribution in [2.45, 2.75) is 38.3 Å². The lowest BCUT2D eigenvalue weighted by molar-refractivity contribution is -0.134. The maximum absolute atomic E-state index is 13.3. The molecule has 0 spiro atoms. The van der Waals surface area contributed by atoms with Crippen molar-refractivity contribution < 1.29 is 13.6 Å². The molecule has 2 aliphatic heterocycles. The van der Waals surface area contributed by atoms with Gasteiger partial charge in [0, 0.05) is 22.2 Å². The van der Waals surface area contributed by atoms with Gasteiger partial charge in [0.1, 0.15) is 23.3 Å². The molecule has 1 saturated heterocycles. The summed E-state index contributed by atoms with van der Waals surface area (Å²) in [6.07, 6.45) is 6.05. The Labute approximate surface area is 173 Å². The van der Waals surface area contributed by atoms with Crippen LogP contribution in [0.3, 0.4) is 0 Å². The first kappa shape index (κ1) is 18.4. The monoisotopic (exact) mass is 409 g/mol. The van der Waals surface area contributed by atoms with Crippen LogP contribution in [0.2, 0.25) is 0 Å². The summed E-state index contributed by atoms with van der Waals surface area (Å²) in [6, 6.07) is 11.9. The predicted molar refractivity (Wildman–Crippen MR) is 111 cm³/mol. The number of hydrogen-bond donors (Lipinski definition) is 0. The lowest BCUT2D eigenvalue weighted by Gasteiger charge is -2.26. The Morgan fingerprint density at radius 3 is 2.76 bits per heavy atom. The smallest absolute Gasteiger partial charge is 0.257 e. The van der Waals surface area contributed by atoms with E-state index in [2.05, 4.69) is 29.1 Å². The molecule has 29 heavy (non-hydrogen) atoms. The van der Waals surface area contributed by atoms with E-state index < -0.39 is 0 Å².